The van der Waals surface area contributed by atoms with Crippen LogP contribution >= 0.6 is 0 Å². The lowest BCUT2D eigenvalue weighted by Crippen LogP contribution is -2.43. The lowest BCUT2D eigenvalue weighted by molar-refractivity contribution is 0.590. The Labute approximate surface area is 127 Å². The van der Waals surface area contributed by atoms with E-state index in [0.717, 1.165) is 43.0 Å². The molecule has 0 unspecified atom stereocenters. The fourth-order valence-corrected chi connectivity index (χ4v) is 2.84. The largest absolute Gasteiger partial charge is 0.436 e. The van der Waals surface area contributed by atoms with Gasteiger partial charge in [-0.3, -0.25) is 0 Å². The molecule has 22 heavy (non-hydrogen) atoms. The van der Waals surface area contributed by atoms with E-state index in [9.17, 15) is 4.39 Å². The van der Waals surface area contributed by atoms with Gasteiger partial charge in [-0.15, -0.1) is 0 Å². The molecule has 0 bridgehead atoms. The van der Waals surface area contributed by atoms with Crippen LogP contribution in [0.4, 0.5) is 10.1 Å². The van der Waals surface area contributed by atoms with Crippen molar-refractivity contribution >= 4 is 16.8 Å². The van der Waals surface area contributed by atoms with Crippen molar-refractivity contribution in [3.63, 3.8) is 0 Å². The highest BCUT2D eigenvalue weighted by molar-refractivity contribution is 5.89. The number of benzene rings is 2. The minimum atomic E-state index is -0.290. The quantitative estimate of drug-likeness (QED) is 0.789. The monoisotopic (exact) mass is 297 g/mol. The molecular formula is C17H16FN3O. The number of hydrogen-bond donors (Lipinski definition) is 1. The van der Waals surface area contributed by atoms with E-state index >= 15 is 0 Å². The van der Waals surface area contributed by atoms with E-state index < -0.39 is 0 Å². The van der Waals surface area contributed by atoms with Crippen LogP contribution in [-0.2, 0) is 0 Å². The molecule has 1 fully saturated rings. The first-order valence-electron chi connectivity index (χ1n) is 7.42. The van der Waals surface area contributed by atoms with E-state index in [0.29, 0.717) is 11.5 Å². The Morgan fingerprint density at radius 1 is 1.09 bits per heavy atom. The van der Waals surface area contributed by atoms with Gasteiger partial charge in [0.25, 0.3) is 0 Å². The summed E-state index contributed by atoms with van der Waals surface area (Å²) in [5, 5.41) is 3.34. The van der Waals surface area contributed by atoms with Gasteiger partial charge in [-0.2, -0.15) is 0 Å². The van der Waals surface area contributed by atoms with Gasteiger partial charge < -0.3 is 14.6 Å². The maximum Gasteiger partial charge on any atom is 0.227 e. The molecule has 0 spiro atoms. The van der Waals surface area contributed by atoms with Crippen LogP contribution in [0.3, 0.4) is 0 Å². The fraction of sp³-hybridized carbons (Fsp3) is 0.235. The van der Waals surface area contributed by atoms with Gasteiger partial charge >= 0.3 is 0 Å². The zero-order valence-corrected chi connectivity index (χ0v) is 12.1. The van der Waals surface area contributed by atoms with E-state index in [4.69, 9.17) is 4.42 Å². The van der Waals surface area contributed by atoms with Crippen molar-refractivity contribution in [3.05, 3.63) is 48.3 Å². The maximum absolute atomic E-state index is 13.4. The van der Waals surface area contributed by atoms with Gasteiger partial charge in [-0.25, -0.2) is 9.37 Å². The molecule has 112 valence electrons. The summed E-state index contributed by atoms with van der Waals surface area (Å²) in [6.45, 7) is 3.82. The standard InChI is InChI=1S/C17H16FN3O/c18-13-4-1-3-12(11-13)17-20-16-14(5-2-6-15(16)22-17)21-9-7-19-8-10-21/h1-6,11,19H,7-10H2. The summed E-state index contributed by atoms with van der Waals surface area (Å²) in [7, 11) is 0. The highest BCUT2D eigenvalue weighted by Gasteiger charge is 2.17. The summed E-state index contributed by atoms with van der Waals surface area (Å²) in [5.41, 5.74) is 3.30. The first-order chi connectivity index (χ1) is 10.8. The second-order valence-electron chi connectivity index (χ2n) is 5.39. The summed E-state index contributed by atoms with van der Waals surface area (Å²) in [5.74, 6) is 0.166. The second kappa shape index (κ2) is 5.42. The van der Waals surface area contributed by atoms with Crippen LogP contribution in [0, 0.1) is 5.82 Å². The van der Waals surface area contributed by atoms with Gasteiger partial charge in [0.15, 0.2) is 5.58 Å². The van der Waals surface area contributed by atoms with Crippen molar-refractivity contribution in [2.24, 2.45) is 0 Å². The SMILES string of the molecule is Fc1cccc(-c2nc3c(N4CCNCC4)cccc3o2)c1. The molecule has 0 saturated carbocycles. The molecule has 0 atom stereocenters. The molecule has 1 saturated heterocycles. The lowest BCUT2D eigenvalue weighted by Gasteiger charge is -2.29. The topological polar surface area (TPSA) is 41.3 Å². The fourth-order valence-electron chi connectivity index (χ4n) is 2.84. The van der Waals surface area contributed by atoms with Crippen LogP contribution in [0.25, 0.3) is 22.6 Å². The molecule has 3 aromatic rings. The third-order valence-corrected chi connectivity index (χ3v) is 3.93. The first kappa shape index (κ1) is 13.3. The number of oxazole rings is 1. The summed E-state index contributed by atoms with van der Waals surface area (Å²) >= 11 is 0. The normalized spacial score (nSPS) is 15.4. The molecule has 2 aromatic carbocycles. The molecular weight excluding hydrogens is 281 g/mol. The Bertz CT molecular complexity index is 809. The average Bonchev–Trinajstić information content (AvgIpc) is 3.00. The van der Waals surface area contributed by atoms with Crippen molar-refractivity contribution in [2.45, 2.75) is 0 Å². The van der Waals surface area contributed by atoms with Gasteiger partial charge in [-0.05, 0) is 30.3 Å². The number of aromatic nitrogens is 1. The summed E-state index contributed by atoms with van der Waals surface area (Å²) < 4.78 is 19.2. The van der Waals surface area contributed by atoms with E-state index in [-0.39, 0.29) is 5.82 Å². The van der Waals surface area contributed by atoms with E-state index in [1.165, 1.54) is 12.1 Å². The Hall–Kier alpha value is -2.40. The van der Waals surface area contributed by atoms with Gasteiger partial charge in [0, 0.05) is 31.7 Å². The van der Waals surface area contributed by atoms with Crippen LogP contribution in [0.5, 0.6) is 0 Å². The Morgan fingerprint density at radius 2 is 1.91 bits per heavy atom. The third-order valence-electron chi connectivity index (χ3n) is 3.93. The third kappa shape index (κ3) is 2.33. The van der Waals surface area contributed by atoms with Crippen molar-refractivity contribution < 1.29 is 8.81 Å². The maximum atomic E-state index is 13.4. The highest BCUT2D eigenvalue weighted by Crippen LogP contribution is 2.31. The van der Waals surface area contributed by atoms with Crippen molar-refractivity contribution in [3.8, 4) is 11.5 Å². The molecule has 2 heterocycles. The summed E-state index contributed by atoms with van der Waals surface area (Å²) in [4.78, 5) is 6.91. The minimum Gasteiger partial charge on any atom is -0.436 e. The molecule has 0 radical (unpaired) electrons. The number of anilines is 1. The molecule has 1 aliphatic heterocycles. The number of piperazine rings is 1. The van der Waals surface area contributed by atoms with Crippen LogP contribution in [-0.4, -0.2) is 31.2 Å². The summed E-state index contributed by atoms with van der Waals surface area (Å²) in [6, 6.07) is 12.3. The molecule has 0 aliphatic carbocycles. The number of para-hydroxylation sites is 1. The second-order valence-corrected chi connectivity index (χ2v) is 5.39. The molecule has 0 amide bonds. The Morgan fingerprint density at radius 3 is 2.73 bits per heavy atom. The van der Waals surface area contributed by atoms with Crippen LogP contribution < -0.4 is 10.2 Å². The molecule has 1 aliphatic rings. The Balaban J connectivity index is 1.80. The number of fused-ring (bicyclic) bond motifs is 1. The number of halogens is 1. The first-order valence-corrected chi connectivity index (χ1v) is 7.42. The van der Waals surface area contributed by atoms with Crippen LogP contribution in [0.15, 0.2) is 46.9 Å². The van der Waals surface area contributed by atoms with Gasteiger partial charge in [0.2, 0.25) is 5.89 Å². The van der Waals surface area contributed by atoms with Gasteiger partial charge in [-0.1, -0.05) is 12.1 Å². The number of rotatable bonds is 2. The predicted molar refractivity (Wildman–Crippen MR) is 84.5 cm³/mol. The van der Waals surface area contributed by atoms with Gasteiger partial charge in [0.1, 0.15) is 11.3 Å². The predicted octanol–water partition coefficient (Wildman–Crippen LogP) is 3.04. The van der Waals surface area contributed by atoms with Crippen molar-refractivity contribution in [1.29, 1.82) is 0 Å². The molecule has 1 N–H and O–H groups in total. The Kier molecular flexibility index (Phi) is 3.27. The van der Waals surface area contributed by atoms with Crippen molar-refractivity contribution in [2.75, 3.05) is 31.1 Å². The number of nitrogens with one attached hydrogen (secondary N) is 1. The zero-order valence-electron chi connectivity index (χ0n) is 12.1. The lowest BCUT2D eigenvalue weighted by atomic mass is 10.2. The molecule has 1 aromatic heterocycles. The zero-order chi connectivity index (χ0) is 14.9. The molecule has 5 heteroatoms. The van der Waals surface area contributed by atoms with E-state index in [1.807, 2.05) is 12.1 Å². The smallest absolute Gasteiger partial charge is 0.227 e. The van der Waals surface area contributed by atoms with E-state index in [2.05, 4.69) is 21.3 Å². The van der Waals surface area contributed by atoms with Gasteiger partial charge in [0.05, 0.1) is 5.69 Å². The number of hydrogen-bond acceptors (Lipinski definition) is 4. The highest BCUT2D eigenvalue weighted by atomic mass is 19.1. The van der Waals surface area contributed by atoms with Crippen molar-refractivity contribution in [1.82, 2.24) is 10.3 Å². The summed E-state index contributed by atoms with van der Waals surface area (Å²) in [6.07, 6.45) is 0. The van der Waals surface area contributed by atoms with Crippen LogP contribution in [0.1, 0.15) is 0 Å². The molecule has 4 rings (SSSR count). The number of nitrogens with zero attached hydrogens (tertiary/aromatic N) is 2. The van der Waals surface area contributed by atoms with E-state index in [1.54, 1.807) is 12.1 Å². The average molecular weight is 297 g/mol. The van der Waals surface area contributed by atoms with Crippen LogP contribution in [0.2, 0.25) is 0 Å². The minimum absolute atomic E-state index is 0.290. The molecule has 4 nitrogen and oxygen atoms in total.